The molecule has 0 unspecified atom stereocenters. The maximum absolute atomic E-state index is 5.72. The maximum atomic E-state index is 5.72. The van der Waals surface area contributed by atoms with Crippen molar-refractivity contribution in [2.45, 2.75) is 13.5 Å². The first-order valence-electron chi connectivity index (χ1n) is 7.26. The summed E-state index contributed by atoms with van der Waals surface area (Å²) in [5, 5.41) is 8.20. The molecule has 0 aliphatic heterocycles. The zero-order valence-corrected chi connectivity index (χ0v) is 12.9. The van der Waals surface area contributed by atoms with E-state index in [4.69, 9.17) is 9.15 Å². The Bertz CT molecular complexity index is 595. The highest BCUT2D eigenvalue weighted by molar-refractivity contribution is 5.53. The summed E-state index contributed by atoms with van der Waals surface area (Å²) in [6.07, 6.45) is 3.68. The van der Waals surface area contributed by atoms with Crippen molar-refractivity contribution >= 4 is 0 Å². The van der Waals surface area contributed by atoms with E-state index >= 15 is 0 Å². The van der Waals surface area contributed by atoms with Crippen LogP contribution in [0, 0.1) is 0 Å². The third-order valence-corrected chi connectivity index (χ3v) is 3.01. The van der Waals surface area contributed by atoms with Crippen LogP contribution in [0.1, 0.15) is 12.8 Å². The van der Waals surface area contributed by atoms with E-state index in [0.29, 0.717) is 24.9 Å². The Labute approximate surface area is 130 Å². The quantitative estimate of drug-likeness (QED) is 0.665. The Morgan fingerprint density at radius 2 is 1.82 bits per heavy atom. The number of nitrogens with zero attached hydrogens (tertiary/aromatic N) is 3. The van der Waals surface area contributed by atoms with Crippen molar-refractivity contribution in [2.24, 2.45) is 0 Å². The summed E-state index contributed by atoms with van der Waals surface area (Å²) in [7, 11) is 0. The Balaban J connectivity index is 2.06. The molecule has 116 valence electrons. The summed E-state index contributed by atoms with van der Waals surface area (Å²) in [6.45, 7) is 12.1. The van der Waals surface area contributed by atoms with Gasteiger partial charge in [-0.3, -0.25) is 4.90 Å². The molecular weight excluding hydrogens is 278 g/mol. The topological polar surface area (TPSA) is 51.4 Å². The highest BCUT2D eigenvalue weighted by atomic mass is 16.5. The molecule has 5 nitrogen and oxygen atoms in total. The second-order valence-electron chi connectivity index (χ2n) is 4.73. The van der Waals surface area contributed by atoms with Crippen LogP contribution in [-0.2, 0) is 6.54 Å². The molecule has 1 aromatic carbocycles. The first-order valence-corrected chi connectivity index (χ1v) is 7.26. The summed E-state index contributed by atoms with van der Waals surface area (Å²) in [5.74, 6) is 1.91. The van der Waals surface area contributed by atoms with Gasteiger partial charge in [-0.1, -0.05) is 12.2 Å². The number of hydrogen-bond acceptors (Lipinski definition) is 5. The third kappa shape index (κ3) is 4.30. The predicted octanol–water partition coefficient (Wildman–Crippen LogP) is 3.31. The molecule has 0 spiro atoms. The van der Waals surface area contributed by atoms with Gasteiger partial charge in [-0.2, -0.15) is 0 Å². The van der Waals surface area contributed by atoms with Gasteiger partial charge in [-0.05, 0) is 31.2 Å². The van der Waals surface area contributed by atoms with Crippen molar-refractivity contribution < 1.29 is 9.15 Å². The molecule has 0 fully saturated rings. The van der Waals surface area contributed by atoms with Gasteiger partial charge in [0.05, 0.1) is 13.2 Å². The molecule has 0 aliphatic rings. The Kier molecular flexibility index (Phi) is 5.91. The Morgan fingerprint density at radius 1 is 1.14 bits per heavy atom. The van der Waals surface area contributed by atoms with Crippen LogP contribution in [0.4, 0.5) is 0 Å². The molecule has 0 N–H and O–H groups in total. The molecule has 0 bridgehead atoms. The second kappa shape index (κ2) is 8.14. The normalized spacial score (nSPS) is 10.6. The molecule has 0 radical (unpaired) electrons. The lowest BCUT2D eigenvalue weighted by atomic mass is 10.2. The van der Waals surface area contributed by atoms with E-state index in [-0.39, 0.29) is 0 Å². The van der Waals surface area contributed by atoms with Gasteiger partial charge in [0.15, 0.2) is 0 Å². The van der Waals surface area contributed by atoms with Gasteiger partial charge in [-0.25, -0.2) is 0 Å². The van der Waals surface area contributed by atoms with Gasteiger partial charge in [0.2, 0.25) is 11.8 Å². The lowest BCUT2D eigenvalue weighted by molar-refractivity contribution is 0.289. The zero-order chi connectivity index (χ0) is 15.8. The SMILES string of the molecule is C=CCN(CC=C)Cc1nnc(-c2ccc(OCC)cc2)o1. The van der Waals surface area contributed by atoms with Crippen molar-refractivity contribution in [2.75, 3.05) is 19.7 Å². The second-order valence-corrected chi connectivity index (χ2v) is 4.73. The van der Waals surface area contributed by atoms with Crippen LogP contribution < -0.4 is 4.74 Å². The van der Waals surface area contributed by atoms with Gasteiger partial charge in [0.1, 0.15) is 5.75 Å². The van der Waals surface area contributed by atoms with Crippen molar-refractivity contribution in [3.63, 3.8) is 0 Å². The van der Waals surface area contributed by atoms with Crippen LogP contribution in [0.25, 0.3) is 11.5 Å². The van der Waals surface area contributed by atoms with Crippen molar-refractivity contribution in [1.29, 1.82) is 0 Å². The summed E-state index contributed by atoms with van der Waals surface area (Å²) >= 11 is 0. The van der Waals surface area contributed by atoms with E-state index in [1.165, 1.54) is 0 Å². The van der Waals surface area contributed by atoms with Gasteiger partial charge in [-0.15, -0.1) is 23.4 Å². The van der Waals surface area contributed by atoms with Crippen LogP contribution in [0.3, 0.4) is 0 Å². The van der Waals surface area contributed by atoms with E-state index in [1.54, 1.807) is 0 Å². The van der Waals surface area contributed by atoms with Gasteiger partial charge >= 0.3 is 0 Å². The minimum atomic E-state index is 0.509. The lowest BCUT2D eigenvalue weighted by Gasteiger charge is -2.15. The standard InChI is InChI=1S/C17H21N3O2/c1-4-11-20(12-5-2)13-16-18-19-17(22-16)14-7-9-15(10-8-14)21-6-3/h4-5,7-10H,1-2,6,11-13H2,3H3. The number of rotatable bonds is 9. The molecule has 0 saturated carbocycles. The molecule has 2 rings (SSSR count). The first-order chi connectivity index (χ1) is 10.8. The average Bonchev–Trinajstić information content (AvgIpc) is 2.97. The Morgan fingerprint density at radius 3 is 2.41 bits per heavy atom. The molecule has 5 heteroatoms. The maximum Gasteiger partial charge on any atom is 0.247 e. The summed E-state index contributed by atoms with van der Waals surface area (Å²) < 4.78 is 11.1. The van der Waals surface area contributed by atoms with E-state index in [2.05, 4.69) is 28.3 Å². The van der Waals surface area contributed by atoms with Crippen molar-refractivity contribution in [1.82, 2.24) is 15.1 Å². The molecule has 0 saturated heterocycles. The monoisotopic (exact) mass is 299 g/mol. The van der Waals surface area contributed by atoms with Gasteiger partial charge < -0.3 is 9.15 Å². The largest absolute Gasteiger partial charge is 0.494 e. The number of aromatic nitrogens is 2. The first kappa shape index (κ1) is 16.0. The number of hydrogen-bond donors (Lipinski definition) is 0. The third-order valence-electron chi connectivity index (χ3n) is 3.01. The number of benzene rings is 1. The van der Waals surface area contributed by atoms with Crippen LogP contribution in [-0.4, -0.2) is 34.8 Å². The van der Waals surface area contributed by atoms with Crippen LogP contribution >= 0.6 is 0 Å². The zero-order valence-electron chi connectivity index (χ0n) is 12.9. The van der Waals surface area contributed by atoms with Crippen molar-refractivity contribution in [3.8, 4) is 17.2 Å². The van der Waals surface area contributed by atoms with Crippen LogP contribution in [0.2, 0.25) is 0 Å². The number of ether oxygens (including phenoxy) is 1. The molecule has 0 atom stereocenters. The van der Waals surface area contributed by atoms with E-state index < -0.39 is 0 Å². The molecule has 22 heavy (non-hydrogen) atoms. The lowest BCUT2D eigenvalue weighted by Crippen LogP contribution is -2.23. The molecule has 0 aliphatic carbocycles. The minimum absolute atomic E-state index is 0.509. The average molecular weight is 299 g/mol. The highest BCUT2D eigenvalue weighted by Crippen LogP contribution is 2.21. The van der Waals surface area contributed by atoms with Gasteiger partial charge in [0, 0.05) is 18.7 Å². The molecule has 2 aromatic rings. The summed E-state index contributed by atoms with van der Waals surface area (Å²) in [5.41, 5.74) is 0.876. The predicted molar refractivity (Wildman–Crippen MR) is 86.6 cm³/mol. The van der Waals surface area contributed by atoms with E-state index in [1.807, 2.05) is 43.3 Å². The fourth-order valence-electron chi connectivity index (χ4n) is 2.05. The van der Waals surface area contributed by atoms with E-state index in [0.717, 1.165) is 24.4 Å². The molecule has 1 heterocycles. The van der Waals surface area contributed by atoms with Crippen LogP contribution in [0.15, 0.2) is 54.0 Å². The highest BCUT2D eigenvalue weighted by Gasteiger charge is 2.11. The molecule has 0 amide bonds. The summed E-state index contributed by atoms with van der Waals surface area (Å²) in [6, 6.07) is 7.61. The smallest absolute Gasteiger partial charge is 0.247 e. The summed E-state index contributed by atoms with van der Waals surface area (Å²) in [4.78, 5) is 2.11. The Hall–Kier alpha value is -2.40. The fraction of sp³-hybridized carbons (Fsp3) is 0.294. The van der Waals surface area contributed by atoms with Crippen molar-refractivity contribution in [3.05, 3.63) is 55.5 Å². The molecule has 1 aromatic heterocycles. The van der Waals surface area contributed by atoms with Crippen LogP contribution in [0.5, 0.6) is 5.75 Å². The fourth-order valence-corrected chi connectivity index (χ4v) is 2.05. The van der Waals surface area contributed by atoms with Gasteiger partial charge in [0.25, 0.3) is 0 Å². The van der Waals surface area contributed by atoms with E-state index in [9.17, 15) is 0 Å². The minimum Gasteiger partial charge on any atom is -0.494 e. The molecular formula is C17H21N3O2.